The third kappa shape index (κ3) is 4.08. The van der Waals surface area contributed by atoms with Gasteiger partial charge in [0.2, 0.25) is 0 Å². The molecular formula is C19H21FN8. The highest BCUT2D eigenvalue weighted by Gasteiger charge is 2.18. The number of nitrogens with one attached hydrogen (secondary N) is 1. The summed E-state index contributed by atoms with van der Waals surface area (Å²) < 4.78 is 16.6. The zero-order valence-corrected chi connectivity index (χ0v) is 16.0. The maximum atomic E-state index is 14.6. The number of rotatable bonds is 7. The average Bonchev–Trinajstić information content (AvgIpc) is 3.01. The minimum Gasteiger partial charge on any atom is -0.351 e. The number of fused-ring (bicyclic) bond motifs is 1. The van der Waals surface area contributed by atoms with Gasteiger partial charge in [-0.05, 0) is 39.6 Å². The highest BCUT2D eigenvalue weighted by molar-refractivity contribution is 6.09. The van der Waals surface area contributed by atoms with Gasteiger partial charge in [0.05, 0.1) is 12.4 Å². The lowest BCUT2D eigenvalue weighted by atomic mass is 10.3. The number of allylic oxidation sites excluding steroid dienone is 1. The molecule has 28 heavy (non-hydrogen) atoms. The van der Waals surface area contributed by atoms with Crippen molar-refractivity contribution in [2.45, 2.75) is 26.8 Å². The summed E-state index contributed by atoms with van der Waals surface area (Å²) in [5.41, 5.74) is 1.25. The minimum atomic E-state index is -0.676. The molecule has 3 rings (SSSR count). The highest BCUT2D eigenvalue weighted by Crippen LogP contribution is 2.19. The van der Waals surface area contributed by atoms with E-state index < -0.39 is 5.83 Å². The van der Waals surface area contributed by atoms with Gasteiger partial charge in [-0.1, -0.05) is 6.07 Å². The minimum absolute atomic E-state index is 0.0214. The van der Waals surface area contributed by atoms with Gasteiger partial charge in [0.1, 0.15) is 29.5 Å². The van der Waals surface area contributed by atoms with Crippen molar-refractivity contribution < 1.29 is 4.39 Å². The molecule has 1 N–H and O–H groups in total. The van der Waals surface area contributed by atoms with E-state index in [4.69, 9.17) is 0 Å². The normalized spacial score (nSPS) is 12.6. The molecule has 9 heteroatoms. The number of hydrogen-bond donors (Lipinski definition) is 1. The van der Waals surface area contributed by atoms with Crippen molar-refractivity contribution >= 4 is 29.4 Å². The first-order valence-corrected chi connectivity index (χ1v) is 8.74. The maximum absolute atomic E-state index is 14.6. The fraction of sp³-hybridized carbons (Fsp3) is 0.263. The summed E-state index contributed by atoms with van der Waals surface area (Å²) in [6, 6.07) is 5.59. The van der Waals surface area contributed by atoms with Crippen LogP contribution >= 0.6 is 0 Å². The molecule has 0 saturated heterocycles. The largest absolute Gasteiger partial charge is 0.351 e. The molecule has 0 aliphatic carbocycles. The van der Waals surface area contributed by atoms with Crippen LogP contribution in [-0.2, 0) is 0 Å². The van der Waals surface area contributed by atoms with E-state index in [0.29, 0.717) is 17.0 Å². The first kappa shape index (κ1) is 19.3. The second kappa shape index (κ2) is 8.47. The Balaban J connectivity index is 2.00. The van der Waals surface area contributed by atoms with Gasteiger partial charge in [-0.15, -0.1) is 0 Å². The number of nitrogens with zero attached hydrogens (tertiary/aromatic N) is 7. The van der Waals surface area contributed by atoms with E-state index in [2.05, 4.69) is 42.0 Å². The summed E-state index contributed by atoms with van der Waals surface area (Å²) >= 11 is 0. The molecule has 0 fully saturated rings. The molecule has 0 radical (unpaired) electrons. The summed E-state index contributed by atoms with van der Waals surface area (Å²) in [6.45, 7) is 9.35. The van der Waals surface area contributed by atoms with Crippen LogP contribution in [0.25, 0.3) is 11.2 Å². The van der Waals surface area contributed by atoms with Gasteiger partial charge in [-0.2, -0.15) is 0 Å². The average molecular weight is 380 g/mol. The quantitative estimate of drug-likeness (QED) is 0.634. The Morgan fingerprint density at radius 3 is 2.82 bits per heavy atom. The lowest BCUT2D eigenvalue weighted by Crippen LogP contribution is -2.13. The number of hydrogen-bond acceptors (Lipinski definition) is 7. The Hall–Kier alpha value is -3.49. The van der Waals surface area contributed by atoms with Crippen LogP contribution in [0.1, 0.15) is 31.5 Å². The summed E-state index contributed by atoms with van der Waals surface area (Å²) in [5.74, 6) is 0.913. The third-order valence-corrected chi connectivity index (χ3v) is 3.93. The summed E-state index contributed by atoms with van der Waals surface area (Å²) in [6.07, 6.45) is 4.21. The molecule has 0 amide bonds. The van der Waals surface area contributed by atoms with E-state index in [1.807, 2.05) is 31.4 Å². The highest BCUT2D eigenvalue weighted by atomic mass is 19.1. The summed E-state index contributed by atoms with van der Waals surface area (Å²) in [4.78, 5) is 25.1. The molecule has 0 saturated carbocycles. The number of aryl methyl sites for hydroxylation is 1. The molecule has 3 aromatic rings. The van der Waals surface area contributed by atoms with Crippen LogP contribution < -0.4 is 5.32 Å². The Morgan fingerprint density at radius 2 is 2.14 bits per heavy atom. The van der Waals surface area contributed by atoms with E-state index in [1.165, 1.54) is 0 Å². The summed E-state index contributed by atoms with van der Waals surface area (Å²) in [5, 5.41) is 3.00. The van der Waals surface area contributed by atoms with Crippen LogP contribution in [0, 0.1) is 6.92 Å². The van der Waals surface area contributed by atoms with Crippen molar-refractivity contribution in [1.82, 2.24) is 24.5 Å². The van der Waals surface area contributed by atoms with Gasteiger partial charge >= 0.3 is 0 Å². The number of imidazole rings is 1. The zero-order valence-electron chi connectivity index (χ0n) is 16.0. The Kier molecular flexibility index (Phi) is 5.83. The molecule has 0 bridgehead atoms. The predicted octanol–water partition coefficient (Wildman–Crippen LogP) is 3.48. The van der Waals surface area contributed by atoms with E-state index in [0.717, 1.165) is 12.0 Å². The molecule has 3 aromatic heterocycles. The van der Waals surface area contributed by atoms with Crippen LogP contribution in [0.5, 0.6) is 0 Å². The van der Waals surface area contributed by atoms with Crippen molar-refractivity contribution in [3.05, 3.63) is 54.3 Å². The first-order chi connectivity index (χ1) is 13.5. The number of pyridine rings is 1. The predicted molar refractivity (Wildman–Crippen MR) is 108 cm³/mol. The lowest BCUT2D eigenvalue weighted by molar-refractivity contribution is 0.595. The van der Waals surface area contributed by atoms with E-state index in [1.54, 1.807) is 24.5 Å². The van der Waals surface area contributed by atoms with Gasteiger partial charge in [-0.25, -0.2) is 24.3 Å². The van der Waals surface area contributed by atoms with Gasteiger partial charge in [0.15, 0.2) is 17.3 Å². The van der Waals surface area contributed by atoms with Crippen LogP contribution in [0.3, 0.4) is 0 Å². The van der Waals surface area contributed by atoms with Crippen molar-refractivity contribution in [2.24, 2.45) is 9.98 Å². The zero-order chi connectivity index (χ0) is 20.1. The molecule has 0 atom stereocenters. The van der Waals surface area contributed by atoms with Crippen LogP contribution in [-0.4, -0.2) is 43.6 Å². The van der Waals surface area contributed by atoms with Crippen molar-refractivity contribution in [1.29, 1.82) is 0 Å². The monoisotopic (exact) mass is 380 g/mol. The second-order valence-corrected chi connectivity index (χ2v) is 6.24. The molecule has 3 heterocycles. The van der Waals surface area contributed by atoms with Gasteiger partial charge in [-0.3, -0.25) is 9.98 Å². The summed E-state index contributed by atoms with van der Waals surface area (Å²) in [7, 11) is 0. The molecule has 0 aromatic carbocycles. The first-order valence-electron chi connectivity index (χ1n) is 8.74. The number of anilines is 1. The van der Waals surface area contributed by atoms with Crippen LogP contribution in [0.15, 0.2) is 52.6 Å². The van der Waals surface area contributed by atoms with Crippen molar-refractivity contribution in [3.8, 4) is 0 Å². The van der Waals surface area contributed by atoms with E-state index in [-0.39, 0.29) is 24.2 Å². The van der Waals surface area contributed by atoms with Crippen molar-refractivity contribution in [2.75, 3.05) is 12.0 Å². The second-order valence-electron chi connectivity index (χ2n) is 6.24. The Morgan fingerprint density at radius 1 is 1.32 bits per heavy atom. The fourth-order valence-corrected chi connectivity index (χ4v) is 2.80. The van der Waals surface area contributed by atoms with E-state index >= 15 is 0 Å². The molecule has 0 aliphatic rings. The molecule has 0 spiro atoms. The molecule has 8 nitrogen and oxygen atoms in total. The molecule has 0 unspecified atom stereocenters. The van der Waals surface area contributed by atoms with Crippen molar-refractivity contribution in [3.63, 3.8) is 0 Å². The molecule has 0 aliphatic heterocycles. The van der Waals surface area contributed by atoms with Gasteiger partial charge in [0.25, 0.3) is 0 Å². The Bertz CT molecular complexity index is 1040. The SMILES string of the molecule is C=N/C=C(F)\C(=N/CNc1ccccn1)c1ncc2nc(C)n(C(C)C)c2n1. The third-order valence-electron chi connectivity index (χ3n) is 3.93. The number of aliphatic imine (C=N–C) groups is 2. The number of halogens is 1. The standard InChI is InChI=1S/C19H21FN8/c1-12(2)28-13(3)26-15-10-23-18(27-19(15)28)17(14(20)9-21-4)25-11-24-16-7-5-6-8-22-16/h5-10,12H,4,11H2,1-3H3,(H,22,24)/b14-9+,25-17+. The van der Waals surface area contributed by atoms with Gasteiger partial charge < -0.3 is 9.88 Å². The van der Waals surface area contributed by atoms with E-state index in [9.17, 15) is 4.39 Å². The molecular weight excluding hydrogens is 359 g/mol. The lowest BCUT2D eigenvalue weighted by Gasteiger charge is -2.10. The smallest absolute Gasteiger partial charge is 0.183 e. The van der Waals surface area contributed by atoms with Crippen LogP contribution in [0.4, 0.5) is 10.2 Å². The maximum Gasteiger partial charge on any atom is 0.183 e. The number of aromatic nitrogens is 5. The fourth-order valence-electron chi connectivity index (χ4n) is 2.80. The topological polar surface area (TPSA) is 93.2 Å². The Labute approximate surface area is 162 Å². The van der Waals surface area contributed by atoms with Crippen LogP contribution in [0.2, 0.25) is 0 Å². The molecule has 144 valence electrons. The van der Waals surface area contributed by atoms with Gasteiger partial charge in [0, 0.05) is 12.2 Å².